The van der Waals surface area contributed by atoms with Gasteiger partial charge in [-0.1, -0.05) is 24.3 Å². The molecule has 0 saturated heterocycles. The quantitative estimate of drug-likeness (QED) is 0.743. The third-order valence-corrected chi connectivity index (χ3v) is 4.75. The van der Waals surface area contributed by atoms with Crippen LogP contribution in [0.25, 0.3) is 0 Å². The largest absolute Gasteiger partial charge is 0.478 e. The smallest absolute Gasteiger partial charge is 0.310 e. The van der Waals surface area contributed by atoms with Crippen molar-refractivity contribution in [3.8, 4) is 5.75 Å². The van der Waals surface area contributed by atoms with E-state index in [1.54, 1.807) is 48.5 Å². The van der Waals surface area contributed by atoms with Crippen LogP contribution < -0.4 is 20.3 Å². The fourth-order valence-electron chi connectivity index (χ4n) is 3.32. The SMILES string of the molecule is C[C@@H](OC(=O)C[C@@H]1Oc2ccccc2NC1=O)C(=O)N1CC(=O)Nc2ccccc21. The number of hydrogen-bond acceptors (Lipinski definition) is 6. The van der Waals surface area contributed by atoms with Gasteiger partial charge in [0.15, 0.2) is 12.2 Å². The number of para-hydroxylation sites is 4. The van der Waals surface area contributed by atoms with Gasteiger partial charge in [0.2, 0.25) is 5.91 Å². The van der Waals surface area contributed by atoms with E-state index in [2.05, 4.69) is 10.6 Å². The van der Waals surface area contributed by atoms with Gasteiger partial charge in [-0.3, -0.25) is 24.1 Å². The van der Waals surface area contributed by atoms with Gasteiger partial charge in [-0.15, -0.1) is 0 Å². The van der Waals surface area contributed by atoms with Gasteiger partial charge in [0.05, 0.1) is 23.5 Å². The number of hydrogen-bond donors (Lipinski definition) is 2. The molecule has 2 aromatic rings. The minimum atomic E-state index is -1.14. The number of benzene rings is 2. The lowest BCUT2D eigenvalue weighted by molar-refractivity contribution is -0.156. The Morgan fingerprint density at radius 2 is 1.80 bits per heavy atom. The summed E-state index contributed by atoms with van der Waals surface area (Å²) in [6.07, 6.45) is -2.55. The molecule has 154 valence electrons. The third kappa shape index (κ3) is 3.82. The minimum absolute atomic E-state index is 0.178. The Bertz CT molecular complexity index is 1040. The van der Waals surface area contributed by atoms with E-state index in [0.717, 1.165) is 0 Å². The molecule has 2 atom stereocenters. The van der Waals surface area contributed by atoms with E-state index < -0.39 is 30.0 Å². The van der Waals surface area contributed by atoms with E-state index in [9.17, 15) is 19.2 Å². The summed E-state index contributed by atoms with van der Waals surface area (Å²) in [5.74, 6) is -1.65. The van der Waals surface area contributed by atoms with Gasteiger partial charge in [-0.05, 0) is 31.2 Å². The lowest BCUT2D eigenvalue weighted by Crippen LogP contribution is -2.47. The molecule has 0 spiro atoms. The summed E-state index contributed by atoms with van der Waals surface area (Å²) >= 11 is 0. The van der Waals surface area contributed by atoms with Crippen molar-refractivity contribution in [2.24, 2.45) is 0 Å². The Morgan fingerprint density at radius 1 is 1.10 bits per heavy atom. The maximum Gasteiger partial charge on any atom is 0.310 e. The van der Waals surface area contributed by atoms with Crippen LogP contribution in [0.4, 0.5) is 17.1 Å². The highest BCUT2D eigenvalue weighted by atomic mass is 16.6. The molecule has 3 amide bonds. The van der Waals surface area contributed by atoms with Gasteiger partial charge in [-0.2, -0.15) is 0 Å². The Balaban J connectivity index is 1.40. The topological polar surface area (TPSA) is 114 Å². The van der Waals surface area contributed by atoms with Crippen molar-refractivity contribution in [3.05, 3.63) is 48.5 Å². The molecular formula is C21H19N3O6. The summed E-state index contributed by atoms with van der Waals surface area (Å²) in [5.41, 5.74) is 1.56. The molecule has 0 aromatic heterocycles. The second kappa shape index (κ2) is 7.86. The van der Waals surface area contributed by atoms with Crippen molar-refractivity contribution in [1.82, 2.24) is 0 Å². The molecule has 9 nitrogen and oxygen atoms in total. The summed E-state index contributed by atoms with van der Waals surface area (Å²) in [7, 11) is 0. The van der Waals surface area contributed by atoms with E-state index in [0.29, 0.717) is 22.8 Å². The molecule has 0 radical (unpaired) electrons. The highest BCUT2D eigenvalue weighted by Gasteiger charge is 2.34. The summed E-state index contributed by atoms with van der Waals surface area (Å²) in [6, 6.07) is 13.7. The number of nitrogens with zero attached hydrogens (tertiary/aromatic N) is 1. The van der Waals surface area contributed by atoms with Crippen molar-refractivity contribution in [2.75, 3.05) is 22.1 Å². The van der Waals surface area contributed by atoms with Crippen LogP contribution in [0.3, 0.4) is 0 Å². The van der Waals surface area contributed by atoms with Gasteiger partial charge in [-0.25, -0.2) is 0 Å². The summed E-state index contributed by atoms with van der Waals surface area (Å²) in [6.45, 7) is 1.25. The van der Waals surface area contributed by atoms with Gasteiger partial charge in [0.25, 0.3) is 11.8 Å². The van der Waals surface area contributed by atoms with Crippen LogP contribution in [0.15, 0.2) is 48.5 Å². The highest BCUT2D eigenvalue weighted by Crippen LogP contribution is 2.31. The molecular weight excluding hydrogens is 390 g/mol. The molecule has 0 fully saturated rings. The molecule has 0 aliphatic carbocycles. The number of anilines is 3. The first kappa shape index (κ1) is 19.4. The molecule has 30 heavy (non-hydrogen) atoms. The lowest BCUT2D eigenvalue weighted by atomic mass is 10.1. The maximum atomic E-state index is 12.8. The zero-order chi connectivity index (χ0) is 21.3. The molecule has 2 aliphatic heterocycles. The van der Waals surface area contributed by atoms with E-state index in [4.69, 9.17) is 9.47 Å². The highest BCUT2D eigenvalue weighted by molar-refractivity contribution is 6.11. The van der Waals surface area contributed by atoms with Gasteiger partial charge in [0, 0.05) is 0 Å². The molecule has 0 bridgehead atoms. The second-order valence-electron chi connectivity index (χ2n) is 6.92. The van der Waals surface area contributed by atoms with E-state index in [1.165, 1.54) is 11.8 Å². The Morgan fingerprint density at radius 3 is 2.60 bits per heavy atom. The van der Waals surface area contributed by atoms with Gasteiger partial charge >= 0.3 is 5.97 Å². The average molecular weight is 409 g/mol. The predicted molar refractivity (Wildman–Crippen MR) is 107 cm³/mol. The number of nitrogens with one attached hydrogen (secondary N) is 2. The van der Waals surface area contributed by atoms with Crippen LogP contribution in [-0.2, 0) is 23.9 Å². The Kier molecular flexibility index (Phi) is 5.09. The zero-order valence-corrected chi connectivity index (χ0v) is 16.1. The van der Waals surface area contributed by atoms with Crippen LogP contribution in [-0.4, -0.2) is 42.4 Å². The summed E-state index contributed by atoms with van der Waals surface area (Å²) in [5, 5.41) is 5.36. The molecule has 2 N–H and O–H groups in total. The van der Waals surface area contributed by atoms with Gasteiger partial charge in [0.1, 0.15) is 12.3 Å². The fraction of sp³-hybridized carbons (Fsp3) is 0.238. The van der Waals surface area contributed by atoms with Crippen LogP contribution in [0.1, 0.15) is 13.3 Å². The summed E-state index contributed by atoms with van der Waals surface area (Å²) < 4.78 is 10.8. The molecule has 2 heterocycles. The number of esters is 1. The first-order chi connectivity index (χ1) is 14.4. The Labute approximate surface area is 171 Å². The zero-order valence-electron chi connectivity index (χ0n) is 16.1. The van der Waals surface area contributed by atoms with Crippen LogP contribution in [0.2, 0.25) is 0 Å². The normalized spacial score (nSPS) is 18.2. The van der Waals surface area contributed by atoms with E-state index in [1.807, 2.05) is 0 Å². The number of fused-ring (bicyclic) bond motifs is 2. The maximum absolute atomic E-state index is 12.8. The Hall–Kier alpha value is -3.88. The summed E-state index contributed by atoms with van der Waals surface area (Å²) in [4.78, 5) is 50.5. The molecule has 0 unspecified atom stereocenters. The minimum Gasteiger partial charge on any atom is -0.478 e. The first-order valence-electron chi connectivity index (χ1n) is 9.38. The van der Waals surface area contributed by atoms with Crippen molar-refractivity contribution < 1.29 is 28.7 Å². The monoisotopic (exact) mass is 409 g/mol. The fourth-order valence-corrected chi connectivity index (χ4v) is 3.32. The van der Waals surface area contributed by atoms with Crippen molar-refractivity contribution in [1.29, 1.82) is 0 Å². The molecule has 0 saturated carbocycles. The van der Waals surface area contributed by atoms with Crippen LogP contribution in [0, 0.1) is 0 Å². The average Bonchev–Trinajstić information content (AvgIpc) is 2.73. The van der Waals surface area contributed by atoms with E-state index in [-0.39, 0.29) is 18.9 Å². The molecule has 2 aliphatic rings. The van der Waals surface area contributed by atoms with Crippen molar-refractivity contribution in [3.63, 3.8) is 0 Å². The number of amides is 3. The number of rotatable bonds is 4. The van der Waals surface area contributed by atoms with Crippen LogP contribution in [0.5, 0.6) is 5.75 Å². The first-order valence-corrected chi connectivity index (χ1v) is 9.38. The third-order valence-electron chi connectivity index (χ3n) is 4.75. The standard InChI is InChI=1S/C21H19N3O6/c1-12(21(28)24-11-18(25)22-13-6-2-4-8-15(13)24)29-19(26)10-17-20(27)23-14-7-3-5-9-16(14)30-17/h2-9,12,17H,10-11H2,1H3,(H,22,25)(H,23,27)/t12-,17+/m1/s1. The molecule has 4 rings (SSSR count). The van der Waals surface area contributed by atoms with Gasteiger partial charge < -0.3 is 20.1 Å². The second-order valence-corrected chi connectivity index (χ2v) is 6.92. The molecule has 9 heteroatoms. The molecule has 2 aromatic carbocycles. The predicted octanol–water partition coefficient (Wildman–Crippen LogP) is 1.69. The van der Waals surface area contributed by atoms with E-state index >= 15 is 0 Å². The van der Waals surface area contributed by atoms with Crippen molar-refractivity contribution >= 4 is 40.8 Å². The number of ether oxygens (including phenoxy) is 2. The number of carbonyl (C=O) groups excluding carboxylic acids is 4. The number of carbonyl (C=O) groups is 4. The van der Waals surface area contributed by atoms with Crippen LogP contribution >= 0.6 is 0 Å². The van der Waals surface area contributed by atoms with Crippen molar-refractivity contribution in [2.45, 2.75) is 25.6 Å². The lowest BCUT2D eigenvalue weighted by Gasteiger charge is -2.31.